The van der Waals surface area contributed by atoms with Crippen molar-refractivity contribution >= 4 is 23.5 Å². The minimum atomic E-state index is -0.0573. The number of nitrogens with zero attached hydrogens (tertiary/aromatic N) is 2. The molecule has 1 aromatic rings. The van der Waals surface area contributed by atoms with Crippen LogP contribution in [0.2, 0.25) is 5.02 Å². The van der Waals surface area contributed by atoms with E-state index >= 15 is 0 Å². The molecule has 1 aliphatic rings. The molecule has 0 aromatic heterocycles. The van der Waals surface area contributed by atoms with Crippen LogP contribution in [0.5, 0.6) is 0 Å². The monoisotopic (exact) mass is 380 g/mol. The van der Waals surface area contributed by atoms with Gasteiger partial charge >= 0.3 is 6.03 Å². The minimum Gasteiger partial charge on any atom is -0.353 e. The Morgan fingerprint density at radius 1 is 1.08 bits per heavy atom. The molecular formula is C19H29ClN4O2. The average molecular weight is 381 g/mol. The third-order valence-corrected chi connectivity index (χ3v) is 4.71. The summed E-state index contributed by atoms with van der Waals surface area (Å²) in [5, 5.41) is 6.68. The molecular weight excluding hydrogens is 352 g/mol. The van der Waals surface area contributed by atoms with E-state index in [-0.39, 0.29) is 24.0 Å². The Labute approximate surface area is 160 Å². The SMILES string of the molecule is CCC(NC(=O)N1CCN(CC(=O)NC(C)C)CC1)c1ccc(Cl)cc1. The number of amides is 3. The van der Waals surface area contributed by atoms with Gasteiger partial charge in [-0.05, 0) is 38.0 Å². The van der Waals surface area contributed by atoms with E-state index in [1.807, 2.05) is 49.9 Å². The first kappa shape index (κ1) is 20.5. The summed E-state index contributed by atoms with van der Waals surface area (Å²) in [7, 11) is 0. The molecule has 2 N–H and O–H groups in total. The number of rotatable bonds is 6. The van der Waals surface area contributed by atoms with Gasteiger partial charge in [-0.15, -0.1) is 0 Å². The van der Waals surface area contributed by atoms with Gasteiger partial charge in [-0.3, -0.25) is 9.69 Å². The number of benzene rings is 1. The number of carbonyl (C=O) groups is 2. The van der Waals surface area contributed by atoms with E-state index in [1.54, 1.807) is 0 Å². The molecule has 1 saturated heterocycles. The van der Waals surface area contributed by atoms with E-state index in [2.05, 4.69) is 15.5 Å². The molecule has 144 valence electrons. The van der Waals surface area contributed by atoms with Gasteiger partial charge in [0.15, 0.2) is 0 Å². The smallest absolute Gasteiger partial charge is 0.317 e. The lowest BCUT2D eigenvalue weighted by atomic mass is 10.1. The number of piperazine rings is 1. The highest BCUT2D eigenvalue weighted by atomic mass is 35.5. The molecule has 7 heteroatoms. The van der Waals surface area contributed by atoms with Crippen LogP contribution in [0.1, 0.15) is 38.8 Å². The zero-order chi connectivity index (χ0) is 19.1. The first-order valence-electron chi connectivity index (χ1n) is 9.21. The Morgan fingerprint density at radius 3 is 2.23 bits per heavy atom. The molecule has 1 atom stereocenters. The van der Waals surface area contributed by atoms with Crippen molar-refractivity contribution in [3.8, 4) is 0 Å². The van der Waals surface area contributed by atoms with Crippen molar-refractivity contribution in [2.75, 3.05) is 32.7 Å². The molecule has 2 rings (SSSR count). The van der Waals surface area contributed by atoms with Crippen LogP contribution < -0.4 is 10.6 Å². The molecule has 0 saturated carbocycles. The third kappa shape index (κ3) is 6.18. The Balaban J connectivity index is 1.81. The summed E-state index contributed by atoms with van der Waals surface area (Å²) >= 11 is 5.94. The van der Waals surface area contributed by atoms with Gasteiger partial charge < -0.3 is 15.5 Å². The van der Waals surface area contributed by atoms with Crippen molar-refractivity contribution in [1.82, 2.24) is 20.4 Å². The average Bonchev–Trinajstić information content (AvgIpc) is 2.60. The van der Waals surface area contributed by atoms with E-state index in [0.717, 1.165) is 12.0 Å². The summed E-state index contributed by atoms with van der Waals surface area (Å²) < 4.78 is 0. The van der Waals surface area contributed by atoms with Crippen molar-refractivity contribution in [2.24, 2.45) is 0 Å². The van der Waals surface area contributed by atoms with Crippen LogP contribution in [-0.2, 0) is 4.79 Å². The lowest BCUT2D eigenvalue weighted by Gasteiger charge is -2.35. The maximum Gasteiger partial charge on any atom is 0.317 e. The molecule has 0 bridgehead atoms. The van der Waals surface area contributed by atoms with Gasteiger partial charge in [0.25, 0.3) is 0 Å². The van der Waals surface area contributed by atoms with E-state index in [4.69, 9.17) is 11.6 Å². The van der Waals surface area contributed by atoms with E-state index in [9.17, 15) is 9.59 Å². The van der Waals surface area contributed by atoms with Gasteiger partial charge in [-0.1, -0.05) is 30.7 Å². The standard InChI is InChI=1S/C19H29ClN4O2/c1-4-17(15-5-7-16(20)8-6-15)22-19(26)24-11-9-23(10-12-24)13-18(25)21-14(2)3/h5-8,14,17H,4,9-13H2,1-3H3,(H,21,25)(H,22,26). The number of hydrogen-bond donors (Lipinski definition) is 2. The summed E-state index contributed by atoms with van der Waals surface area (Å²) in [6.45, 7) is 8.99. The fourth-order valence-corrected chi connectivity index (χ4v) is 3.16. The zero-order valence-electron chi connectivity index (χ0n) is 15.8. The predicted molar refractivity (Wildman–Crippen MR) is 104 cm³/mol. The van der Waals surface area contributed by atoms with Gasteiger partial charge in [-0.2, -0.15) is 0 Å². The Bertz CT molecular complexity index is 598. The number of carbonyl (C=O) groups excluding carboxylic acids is 2. The molecule has 0 aliphatic carbocycles. The lowest BCUT2D eigenvalue weighted by Crippen LogP contribution is -2.54. The Kier molecular flexibility index (Phi) is 7.72. The fourth-order valence-electron chi connectivity index (χ4n) is 3.04. The van der Waals surface area contributed by atoms with E-state index < -0.39 is 0 Å². The highest BCUT2D eigenvalue weighted by Crippen LogP contribution is 2.19. The molecule has 6 nitrogen and oxygen atoms in total. The van der Waals surface area contributed by atoms with Crippen molar-refractivity contribution in [2.45, 2.75) is 39.3 Å². The molecule has 1 unspecified atom stereocenters. The maximum atomic E-state index is 12.6. The first-order chi connectivity index (χ1) is 12.4. The molecule has 26 heavy (non-hydrogen) atoms. The largest absolute Gasteiger partial charge is 0.353 e. The summed E-state index contributed by atoms with van der Waals surface area (Å²) in [6, 6.07) is 7.63. The molecule has 1 aromatic carbocycles. The molecule has 1 heterocycles. The van der Waals surface area contributed by atoms with Gasteiger partial charge in [-0.25, -0.2) is 4.79 Å². The van der Waals surface area contributed by atoms with E-state index in [0.29, 0.717) is 37.7 Å². The number of halogens is 1. The quantitative estimate of drug-likeness (QED) is 0.797. The van der Waals surface area contributed by atoms with Gasteiger partial charge in [0, 0.05) is 37.2 Å². The Hall–Kier alpha value is -1.79. The number of nitrogens with one attached hydrogen (secondary N) is 2. The van der Waals surface area contributed by atoms with Crippen LogP contribution in [0.4, 0.5) is 4.79 Å². The topological polar surface area (TPSA) is 64.7 Å². The first-order valence-corrected chi connectivity index (χ1v) is 9.59. The molecule has 1 fully saturated rings. The minimum absolute atomic E-state index is 0.0328. The van der Waals surface area contributed by atoms with Crippen LogP contribution in [-0.4, -0.2) is 60.5 Å². The second-order valence-corrected chi connectivity index (χ2v) is 7.38. The highest BCUT2D eigenvalue weighted by Gasteiger charge is 2.24. The van der Waals surface area contributed by atoms with Gasteiger partial charge in [0.05, 0.1) is 12.6 Å². The van der Waals surface area contributed by atoms with Crippen molar-refractivity contribution in [3.05, 3.63) is 34.9 Å². The normalized spacial score (nSPS) is 16.4. The molecule has 1 aliphatic heterocycles. The van der Waals surface area contributed by atoms with Crippen molar-refractivity contribution in [3.63, 3.8) is 0 Å². The summed E-state index contributed by atoms with van der Waals surface area (Å²) in [5.41, 5.74) is 1.05. The van der Waals surface area contributed by atoms with Gasteiger partial charge in [0.2, 0.25) is 5.91 Å². The summed E-state index contributed by atoms with van der Waals surface area (Å²) in [4.78, 5) is 28.3. The van der Waals surface area contributed by atoms with Crippen LogP contribution >= 0.6 is 11.6 Å². The second kappa shape index (κ2) is 9.78. The second-order valence-electron chi connectivity index (χ2n) is 6.95. The number of hydrogen-bond acceptors (Lipinski definition) is 3. The van der Waals surface area contributed by atoms with Crippen LogP contribution in [0.25, 0.3) is 0 Å². The number of urea groups is 1. The van der Waals surface area contributed by atoms with Crippen molar-refractivity contribution < 1.29 is 9.59 Å². The fraction of sp³-hybridized carbons (Fsp3) is 0.579. The molecule has 3 amide bonds. The maximum absolute atomic E-state index is 12.6. The van der Waals surface area contributed by atoms with Crippen molar-refractivity contribution in [1.29, 1.82) is 0 Å². The zero-order valence-corrected chi connectivity index (χ0v) is 16.6. The predicted octanol–water partition coefficient (Wildman–Crippen LogP) is 2.64. The van der Waals surface area contributed by atoms with Crippen LogP contribution in [0.15, 0.2) is 24.3 Å². The Morgan fingerprint density at radius 2 is 1.69 bits per heavy atom. The lowest BCUT2D eigenvalue weighted by molar-refractivity contribution is -0.123. The van der Waals surface area contributed by atoms with E-state index in [1.165, 1.54) is 0 Å². The summed E-state index contributed by atoms with van der Waals surface area (Å²) in [5.74, 6) is 0.0340. The molecule has 0 spiro atoms. The highest BCUT2D eigenvalue weighted by molar-refractivity contribution is 6.30. The third-order valence-electron chi connectivity index (χ3n) is 4.45. The van der Waals surface area contributed by atoms with Gasteiger partial charge in [0.1, 0.15) is 0 Å². The summed E-state index contributed by atoms with van der Waals surface area (Å²) in [6.07, 6.45) is 0.808. The molecule has 0 radical (unpaired) electrons. The van der Waals surface area contributed by atoms with Crippen LogP contribution in [0.3, 0.4) is 0 Å². The van der Waals surface area contributed by atoms with Crippen LogP contribution in [0, 0.1) is 0 Å².